The van der Waals surface area contributed by atoms with Gasteiger partial charge in [0.2, 0.25) is 10.0 Å². The van der Waals surface area contributed by atoms with E-state index in [1.165, 1.54) is 11.8 Å². The van der Waals surface area contributed by atoms with Crippen LogP contribution in [-0.4, -0.2) is 82.2 Å². The second-order valence-electron chi connectivity index (χ2n) is 9.02. The summed E-state index contributed by atoms with van der Waals surface area (Å²) in [5.74, 6) is 1.09. The fourth-order valence-electron chi connectivity index (χ4n) is 5.01. The molecule has 0 bridgehead atoms. The number of para-hydroxylation sites is 1. The van der Waals surface area contributed by atoms with Crippen molar-refractivity contribution in [2.75, 3.05) is 62.3 Å². The summed E-state index contributed by atoms with van der Waals surface area (Å²) >= 11 is 0. The molecule has 0 amide bonds. The Morgan fingerprint density at radius 1 is 1.21 bits per heavy atom. The lowest BCUT2D eigenvalue weighted by atomic mass is 9.88. The number of pyridine rings is 1. The molecule has 182 valence electrons. The van der Waals surface area contributed by atoms with Crippen molar-refractivity contribution in [3.05, 3.63) is 42.1 Å². The van der Waals surface area contributed by atoms with Gasteiger partial charge in [-0.2, -0.15) is 0 Å². The average Bonchev–Trinajstić information content (AvgIpc) is 2.87. The van der Waals surface area contributed by atoms with Crippen LogP contribution in [0.4, 0.5) is 22.9 Å². The van der Waals surface area contributed by atoms with Crippen LogP contribution < -0.4 is 15.5 Å². The van der Waals surface area contributed by atoms with E-state index in [2.05, 4.69) is 49.8 Å². The van der Waals surface area contributed by atoms with Gasteiger partial charge in [-0.15, -0.1) is 0 Å². The summed E-state index contributed by atoms with van der Waals surface area (Å²) in [6.07, 6.45) is 6.73. The second-order valence-corrected chi connectivity index (χ2v) is 11.0. The second kappa shape index (κ2) is 9.99. The SMILES string of the molecule is CS(=O)(=O)N1CCC(c2ccccc2N2CC=Nc3ccnc(NCC4CNCCO4)c32)CC1. The van der Waals surface area contributed by atoms with Gasteiger partial charge in [-0.1, -0.05) is 18.2 Å². The Balaban J connectivity index is 1.41. The van der Waals surface area contributed by atoms with Crippen LogP contribution in [0.25, 0.3) is 0 Å². The number of fused-ring (bicyclic) bond motifs is 1. The van der Waals surface area contributed by atoms with Gasteiger partial charge in [0.1, 0.15) is 5.69 Å². The quantitative estimate of drug-likeness (QED) is 0.650. The van der Waals surface area contributed by atoms with E-state index in [4.69, 9.17) is 4.74 Å². The first-order chi connectivity index (χ1) is 16.5. The van der Waals surface area contributed by atoms with Crippen molar-refractivity contribution in [3.8, 4) is 0 Å². The van der Waals surface area contributed by atoms with E-state index in [-0.39, 0.29) is 6.10 Å². The zero-order valence-electron chi connectivity index (χ0n) is 19.5. The first-order valence-electron chi connectivity index (χ1n) is 11.9. The van der Waals surface area contributed by atoms with Crippen molar-refractivity contribution in [2.24, 2.45) is 4.99 Å². The summed E-state index contributed by atoms with van der Waals surface area (Å²) < 4.78 is 31.4. The molecule has 1 aromatic heterocycles. The number of aliphatic imine (C=N–C) groups is 1. The van der Waals surface area contributed by atoms with Gasteiger partial charge in [-0.25, -0.2) is 17.7 Å². The van der Waals surface area contributed by atoms with Crippen molar-refractivity contribution in [2.45, 2.75) is 24.9 Å². The number of nitrogens with one attached hydrogen (secondary N) is 2. The van der Waals surface area contributed by atoms with Crippen LogP contribution in [0, 0.1) is 0 Å². The third-order valence-corrected chi connectivity index (χ3v) is 8.06. The lowest BCUT2D eigenvalue weighted by molar-refractivity contribution is 0.0372. The highest BCUT2D eigenvalue weighted by Gasteiger charge is 2.30. The highest BCUT2D eigenvalue weighted by Crippen LogP contribution is 2.44. The topological polar surface area (TPSA) is 99.2 Å². The predicted octanol–water partition coefficient (Wildman–Crippen LogP) is 2.47. The maximum absolute atomic E-state index is 12.0. The van der Waals surface area contributed by atoms with Crippen LogP contribution in [0.3, 0.4) is 0 Å². The summed E-state index contributed by atoms with van der Waals surface area (Å²) in [6.45, 7) is 4.85. The van der Waals surface area contributed by atoms with Crippen molar-refractivity contribution in [1.29, 1.82) is 0 Å². The molecule has 2 fully saturated rings. The van der Waals surface area contributed by atoms with Gasteiger partial charge in [-0.05, 0) is 36.5 Å². The maximum atomic E-state index is 12.0. The molecule has 10 heteroatoms. The zero-order chi connectivity index (χ0) is 23.5. The molecule has 5 rings (SSSR count). The number of rotatable bonds is 6. The van der Waals surface area contributed by atoms with Crippen molar-refractivity contribution < 1.29 is 13.2 Å². The minimum atomic E-state index is -3.15. The molecule has 3 aliphatic rings. The van der Waals surface area contributed by atoms with Gasteiger partial charge in [0.25, 0.3) is 0 Å². The van der Waals surface area contributed by atoms with Crippen LogP contribution in [0.2, 0.25) is 0 Å². The summed E-state index contributed by atoms with van der Waals surface area (Å²) in [6, 6.07) is 10.4. The largest absolute Gasteiger partial charge is 0.374 e. The normalized spacial score (nSPS) is 21.9. The number of ether oxygens (including phenoxy) is 1. The molecule has 2 saturated heterocycles. The molecule has 0 spiro atoms. The molecule has 0 radical (unpaired) electrons. The highest BCUT2D eigenvalue weighted by atomic mass is 32.2. The summed E-state index contributed by atoms with van der Waals surface area (Å²) in [7, 11) is -3.15. The van der Waals surface area contributed by atoms with E-state index >= 15 is 0 Å². The maximum Gasteiger partial charge on any atom is 0.211 e. The lowest BCUT2D eigenvalue weighted by Crippen LogP contribution is -2.42. The molecule has 1 atom stereocenters. The van der Waals surface area contributed by atoms with Crippen LogP contribution in [0.15, 0.2) is 41.5 Å². The van der Waals surface area contributed by atoms with Crippen LogP contribution >= 0.6 is 0 Å². The number of hydrogen-bond acceptors (Lipinski definition) is 8. The van der Waals surface area contributed by atoms with E-state index in [1.54, 1.807) is 10.5 Å². The Morgan fingerprint density at radius 3 is 2.79 bits per heavy atom. The Hall–Kier alpha value is -2.53. The van der Waals surface area contributed by atoms with E-state index < -0.39 is 10.0 Å². The molecule has 2 aromatic rings. The minimum Gasteiger partial charge on any atom is -0.374 e. The first-order valence-corrected chi connectivity index (χ1v) is 13.7. The summed E-state index contributed by atoms with van der Waals surface area (Å²) in [4.78, 5) is 11.6. The Kier molecular flexibility index (Phi) is 6.82. The number of nitrogens with zero attached hydrogens (tertiary/aromatic N) is 4. The summed E-state index contributed by atoms with van der Waals surface area (Å²) in [5, 5.41) is 6.86. The van der Waals surface area contributed by atoms with Crippen molar-refractivity contribution in [3.63, 3.8) is 0 Å². The minimum absolute atomic E-state index is 0.0965. The fraction of sp³-hybridized carbons (Fsp3) is 0.500. The number of anilines is 3. The molecule has 9 nitrogen and oxygen atoms in total. The predicted molar refractivity (Wildman–Crippen MR) is 135 cm³/mol. The molecule has 34 heavy (non-hydrogen) atoms. The fourth-order valence-corrected chi connectivity index (χ4v) is 5.89. The average molecular weight is 485 g/mol. The summed E-state index contributed by atoms with van der Waals surface area (Å²) in [5.41, 5.74) is 4.22. The number of piperidine rings is 1. The van der Waals surface area contributed by atoms with Crippen molar-refractivity contribution in [1.82, 2.24) is 14.6 Å². The molecule has 3 aliphatic heterocycles. The monoisotopic (exact) mass is 484 g/mol. The molecule has 0 aliphatic carbocycles. The smallest absolute Gasteiger partial charge is 0.211 e. The molecule has 2 N–H and O–H groups in total. The number of hydrogen-bond donors (Lipinski definition) is 2. The molecule has 1 aromatic carbocycles. The van der Waals surface area contributed by atoms with Crippen LogP contribution in [0.1, 0.15) is 24.3 Å². The van der Waals surface area contributed by atoms with E-state index in [0.717, 1.165) is 48.8 Å². The highest BCUT2D eigenvalue weighted by molar-refractivity contribution is 7.88. The van der Waals surface area contributed by atoms with Gasteiger partial charge < -0.3 is 20.3 Å². The Bertz CT molecular complexity index is 1140. The zero-order valence-corrected chi connectivity index (χ0v) is 20.3. The van der Waals surface area contributed by atoms with Gasteiger partial charge in [0.05, 0.1) is 31.2 Å². The molecular weight excluding hydrogens is 452 g/mol. The Labute approximate surface area is 201 Å². The molecule has 0 saturated carbocycles. The van der Waals surface area contributed by atoms with E-state index in [0.29, 0.717) is 38.7 Å². The third kappa shape index (κ3) is 4.95. The van der Waals surface area contributed by atoms with Gasteiger partial charge in [-0.3, -0.25) is 4.99 Å². The molecule has 1 unspecified atom stereocenters. The standard InChI is InChI=1S/C24H32N6O3S/c1-34(31,32)29-12-7-18(8-13-29)20-4-2-3-5-22(20)30-14-10-26-21-6-9-27-24(23(21)30)28-17-19-16-25-11-15-33-19/h2-6,9-10,18-19,25H,7-8,11-17H2,1H3,(H,27,28). The van der Waals surface area contributed by atoms with E-state index in [9.17, 15) is 8.42 Å². The van der Waals surface area contributed by atoms with Gasteiger partial charge >= 0.3 is 0 Å². The molecular formula is C24H32N6O3S. The number of morpholine rings is 1. The Morgan fingerprint density at radius 2 is 2.03 bits per heavy atom. The lowest BCUT2D eigenvalue weighted by Gasteiger charge is -2.35. The number of sulfonamides is 1. The van der Waals surface area contributed by atoms with Crippen LogP contribution in [0.5, 0.6) is 0 Å². The van der Waals surface area contributed by atoms with E-state index in [1.807, 2.05) is 12.3 Å². The molecule has 4 heterocycles. The van der Waals surface area contributed by atoms with Crippen LogP contribution in [-0.2, 0) is 14.8 Å². The number of benzene rings is 1. The number of aromatic nitrogens is 1. The van der Waals surface area contributed by atoms with Gasteiger partial charge in [0, 0.05) is 50.8 Å². The first kappa shape index (κ1) is 23.2. The third-order valence-electron chi connectivity index (χ3n) is 6.76. The van der Waals surface area contributed by atoms with Crippen molar-refractivity contribution >= 4 is 39.1 Å². The van der Waals surface area contributed by atoms with Gasteiger partial charge in [0.15, 0.2) is 5.82 Å².